The van der Waals surface area contributed by atoms with Gasteiger partial charge in [-0.05, 0) is 56.8 Å². The third-order valence-corrected chi connectivity index (χ3v) is 5.85. The molecule has 0 spiro atoms. The van der Waals surface area contributed by atoms with Crippen LogP contribution >= 0.6 is 0 Å². The van der Waals surface area contributed by atoms with E-state index in [9.17, 15) is 4.79 Å². The Bertz CT molecular complexity index is 341. The van der Waals surface area contributed by atoms with Crippen molar-refractivity contribution in [2.24, 2.45) is 23.5 Å². The normalized spacial score (nSPS) is 39.4. The number of rotatable bonds is 2. The lowest BCUT2D eigenvalue weighted by Gasteiger charge is -2.36. The molecule has 4 unspecified atom stereocenters. The van der Waals surface area contributed by atoms with E-state index in [1.54, 1.807) is 0 Å². The van der Waals surface area contributed by atoms with Crippen molar-refractivity contribution in [2.75, 3.05) is 6.54 Å². The zero-order chi connectivity index (χ0) is 14.1. The molecule has 0 aromatic heterocycles. The highest BCUT2D eigenvalue weighted by Crippen LogP contribution is 2.38. The fourth-order valence-corrected chi connectivity index (χ4v) is 4.99. The largest absolute Gasteiger partial charge is 0.339 e. The average Bonchev–Trinajstić information content (AvgIpc) is 3.07. The molecule has 0 aromatic rings. The molecule has 20 heavy (non-hydrogen) atoms. The van der Waals surface area contributed by atoms with Crippen LogP contribution in [0.4, 0.5) is 0 Å². The first kappa shape index (κ1) is 14.4. The number of carbonyl (C=O) groups excluding carboxylic acids is 1. The lowest BCUT2D eigenvalue weighted by Crippen LogP contribution is -2.46. The molecule has 3 rings (SSSR count). The van der Waals surface area contributed by atoms with Crippen molar-refractivity contribution in [3.05, 3.63) is 0 Å². The molecule has 1 heterocycles. The fourth-order valence-electron chi connectivity index (χ4n) is 4.99. The van der Waals surface area contributed by atoms with Crippen molar-refractivity contribution in [3.8, 4) is 0 Å². The number of hydrogen-bond donors (Lipinski definition) is 1. The van der Waals surface area contributed by atoms with Crippen LogP contribution in [-0.4, -0.2) is 29.4 Å². The van der Waals surface area contributed by atoms with Crippen LogP contribution in [0.2, 0.25) is 0 Å². The summed E-state index contributed by atoms with van der Waals surface area (Å²) >= 11 is 0. The highest BCUT2D eigenvalue weighted by atomic mass is 16.2. The first-order valence-electron chi connectivity index (χ1n) is 8.71. The predicted molar refractivity (Wildman–Crippen MR) is 81.2 cm³/mol. The van der Waals surface area contributed by atoms with E-state index >= 15 is 0 Å². The summed E-state index contributed by atoms with van der Waals surface area (Å²) in [7, 11) is 0. The molecule has 3 heteroatoms. The quantitative estimate of drug-likeness (QED) is 0.844. The molecule has 0 bridgehead atoms. The molecule has 1 aliphatic heterocycles. The Hall–Kier alpha value is -0.570. The van der Waals surface area contributed by atoms with E-state index in [0.29, 0.717) is 17.9 Å². The van der Waals surface area contributed by atoms with Gasteiger partial charge in [0.2, 0.25) is 5.91 Å². The molecule has 4 atom stereocenters. The van der Waals surface area contributed by atoms with Crippen LogP contribution in [0.15, 0.2) is 0 Å². The Morgan fingerprint density at radius 1 is 1.05 bits per heavy atom. The molecular formula is C17H30N2O. The Balaban J connectivity index is 1.65. The minimum Gasteiger partial charge on any atom is -0.339 e. The predicted octanol–water partition coefficient (Wildman–Crippen LogP) is 2.93. The van der Waals surface area contributed by atoms with E-state index in [-0.39, 0.29) is 12.0 Å². The summed E-state index contributed by atoms with van der Waals surface area (Å²) in [6.07, 6.45) is 10.9. The number of amides is 1. The van der Waals surface area contributed by atoms with Gasteiger partial charge in [0.1, 0.15) is 0 Å². The summed E-state index contributed by atoms with van der Waals surface area (Å²) in [5.74, 6) is 2.04. The lowest BCUT2D eigenvalue weighted by atomic mass is 9.79. The molecule has 2 saturated carbocycles. The van der Waals surface area contributed by atoms with Crippen LogP contribution in [0.3, 0.4) is 0 Å². The second-order valence-electron chi connectivity index (χ2n) is 7.56. The van der Waals surface area contributed by atoms with Crippen LogP contribution in [0.25, 0.3) is 0 Å². The second kappa shape index (κ2) is 6.05. The maximum absolute atomic E-state index is 12.9. The van der Waals surface area contributed by atoms with E-state index in [2.05, 4.69) is 11.8 Å². The molecule has 114 valence electrons. The summed E-state index contributed by atoms with van der Waals surface area (Å²) in [6, 6.07) is 0.790. The van der Waals surface area contributed by atoms with Crippen molar-refractivity contribution in [2.45, 2.75) is 76.8 Å². The van der Waals surface area contributed by atoms with Gasteiger partial charge in [-0.2, -0.15) is 0 Å². The van der Waals surface area contributed by atoms with Gasteiger partial charge in [0.15, 0.2) is 0 Å². The van der Waals surface area contributed by atoms with Crippen LogP contribution in [0.5, 0.6) is 0 Å². The van der Waals surface area contributed by atoms with E-state index in [1.165, 1.54) is 38.5 Å². The first-order chi connectivity index (χ1) is 9.65. The molecular weight excluding hydrogens is 248 g/mol. The third kappa shape index (κ3) is 2.88. The smallest absolute Gasteiger partial charge is 0.226 e. The Morgan fingerprint density at radius 3 is 2.50 bits per heavy atom. The van der Waals surface area contributed by atoms with E-state index in [0.717, 1.165) is 31.7 Å². The molecule has 0 radical (unpaired) electrons. The number of nitrogens with two attached hydrogens (primary N) is 1. The van der Waals surface area contributed by atoms with Gasteiger partial charge < -0.3 is 10.6 Å². The topological polar surface area (TPSA) is 46.3 Å². The van der Waals surface area contributed by atoms with Crippen LogP contribution < -0.4 is 5.73 Å². The van der Waals surface area contributed by atoms with Gasteiger partial charge in [-0.15, -0.1) is 0 Å². The van der Waals surface area contributed by atoms with Crippen LogP contribution in [-0.2, 0) is 4.79 Å². The summed E-state index contributed by atoms with van der Waals surface area (Å²) in [5.41, 5.74) is 6.14. The third-order valence-electron chi connectivity index (χ3n) is 5.85. The summed E-state index contributed by atoms with van der Waals surface area (Å²) < 4.78 is 0. The molecule has 1 amide bonds. The van der Waals surface area contributed by atoms with Gasteiger partial charge in [0, 0.05) is 24.5 Å². The number of likely N-dealkylation sites (tertiary alicyclic amines) is 1. The second-order valence-corrected chi connectivity index (χ2v) is 7.56. The molecule has 2 N–H and O–H groups in total. The zero-order valence-electron chi connectivity index (χ0n) is 12.9. The van der Waals surface area contributed by atoms with Gasteiger partial charge in [0.25, 0.3) is 0 Å². The maximum atomic E-state index is 12.9. The summed E-state index contributed by atoms with van der Waals surface area (Å²) in [4.78, 5) is 15.2. The van der Waals surface area contributed by atoms with Gasteiger partial charge in [-0.3, -0.25) is 4.79 Å². The molecule has 1 saturated heterocycles. The minimum atomic E-state index is 0.204. The Labute approximate surface area is 123 Å². The molecule has 2 aliphatic carbocycles. The molecule has 0 aromatic carbocycles. The van der Waals surface area contributed by atoms with E-state index in [4.69, 9.17) is 5.73 Å². The molecule has 3 nitrogen and oxygen atoms in total. The van der Waals surface area contributed by atoms with E-state index in [1.807, 2.05) is 0 Å². The van der Waals surface area contributed by atoms with Crippen molar-refractivity contribution in [3.63, 3.8) is 0 Å². The average molecular weight is 278 g/mol. The van der Waals surface area contributed by atoms with Gasteiger partial charge >= 0.3 is 0 Å². The highest BCUT2D eigenvalue weighted by molar-refractivity contribution is 5.79. The number of hydrogen-bond acceptors (Lipinski definition) is 2. The van der Waals surface area contributed by atoms with Crippen molar-refractivity contribution in [1.29, 1.82) is 0 Å². The Morgan fingerprint density at radius 2 is 1.80 bits per heavy atom. The van der Waals surface area contributed by atoms with E-state index < -0.39 is 0 Å². The van der Waals surface area contributed by atoms with Gasteiger partial charge in [0.05, 0.1) is 0 Å². The van der Waals surface area contributed by atoms with Crippen molar-refractivity contribution in [1.82, 2.24) is 4.90 Å². The van der Waals surface area contributed by atoms with Crippen LogP contribution in [0.1, 0.15) is 64.7 Å². The summed E-state index contributed by atoms with van der Waals surface area (Å²) in [5, 5.41) is 0. The monoisotopic (exact) mass is 278 g/mol. The zero-order valence-corrected chi connectivity index (χ0v) is 12.9. The molecule has 3 aliphatic rings. The standard InChI is InChI=1S/C17H30N2O/c1-12-9-14(11-15(18)10-12)17(20)19-8-4-7-16(19)13-5-2-3-6-13/h12-16H,2-11,18H2,1H3. The number of carbonyl (C=O) groups is 1. The Kier molecular flexibility index (Phi) is 4.34. The van der Waals surface area contributed by atoms with Crippen molar-refractivity contribution >= 4 is 5.91 Å². The first-order valence-corrected chi connectivity index (χ1v) is 8.71. The SMILES string of the molecule is CC1CC(N)CC(C(=O)N2CCCC2C2CCCC2)C1. The van der Waals surface area contributed by atoms with Crippen molar-refractivity contribution < 1.29 is 4.79 Å². The van der Waals surface area contributed by atoms with Gasteiger partial charge in [-0.25, -0.2) is 0 Å². The highest BCUT2D eigenvalue weighted by Gasteiger charge is 2.39. The van der Waals surface area contributed by atoms with Crippen LogP contribution in [0, 0.1) is 17.8 Å². The van der Waals surface area contributed by atoms with Gasteiger partial charge in [-0.1, -0.05) is 19.8 Å². The summed E-state index contributed by atoms with van der Waals surface area (Å²) in [6.45, 7) is 3.25. The molecule has 3 fully saturated rings. The minimum absolute atomic E-state index is 0.204. The maximum Gasteiger partial charge on any atom is 0.226 e. The fraction of sp³-hybridized carbons (Fsp3) is 0.941. The number of nitrogens with zero attached hydrogens (tertiary/aromatic N) is 1. The lowest BCUT2D eigenvalue weighted by molar-refractivity contribution is -0.139.